The van der Waals surface area contributed by atoms with Crippen LogP contribution in [0.4, 0.5) is 0 Å². The predicted molar refractivity (Wildman–Crippen MR) is 85.3 cm³/mol. The zero-order chi connectivity index (χ0) is 15.5. The molecule has 1 saturated heterocycles. The first kappa shape index (κ1) is 15.1. The van der Waals surface area contributed by atoms with Crippen LogP contribution >= 0.6 is 0 Å². The molecular weight excluding hydrogens is 276 g/mol. The van der Waals surface area contributed by atoms with E-state index < -0.39 is 0 Å². The number of fused-ring (bicyclic) bond motifs is 1. The van der Waals surface area contributed by atoms with Crippen molar-refractivity contribution in [3.05, 3.63) is 35.4 Å². The average molecular weight is 300 g/mol. The molecule has 1 fully saturated rings. The smallest absolute Gasteiger partial charge is 0.230 e. The molecule has 1 aromatic rings. The van der Waals surface area contributed by atoms with E-state index in [9.17, 15) is 9.59 Å². The largest absolute Gasteiger partial charge is 0.370 e. The van der Waals surface area contributed by atoms with Gasteiger partial charge in [-0.25, -0.2) is 0 Å². The minimum Gasteiger partial charge on any atom is -0.370 e. The van der Waals surface area contributed by atoms with Crippen LogP contribution in [0, 0.1) is 0 Å². The highest BCUT2D eigenvalue weighted by Crippen LogP contribution is 2.34. The number of benzene rings is 1. The minimum atomic E-state index is -0.311. The molecule has 2 N–H and O–H groups in total. The van der Waals surface area contributed by atoms with Crippen molar-refractivity contribution in [3.8, 4) is 0 Å². The van der Waals surface area contributed by atoms with Crippen LogP contribution in [-0.2, 0) is 16.0 Å². The fourth-order valence-electron chi connectivity index (χ4n) is 3.95. The number of piperidine rings is 1. The molecular formula is C18H24N2O2. The van der Waals surface area contributed by atoms with Gasteiger partial charge in [-0.2, -0.15) is 0 Å². The minimum absolute atomic E-state index is 0.00663. The van der Waals surface area contributed by atoms with E-state index in [2.05, 4.69) is 12.1 Å². The van der Waals surface area contributed by atoms with Crippen molar-refractivity contribution < 1.29 is 9.59 Å². The number of aryl methyl sites for hydroxylation is 1. The standard InChI is InChI=1S/C18H24N2O2/c19-17(21)12-14-8-3-4-11-20(14)18(22)16-10-5-7-13-6-1-2-9-15(13)16/h1-2,6,9,14,16H,3-5,7-8,10-12H2,(H2,19,21)/t14-,16-/m1/s1. The van der Waals surface area contributed by atoms with E-state index >= 15 is 0 Å². The van der Waals surface area contributed by atoms with Crippen LogP contribution in [0.3, 0.4) is 0 Å². The second kappa shape index (κ2) is 6.51. The van der Waals surface area contributed by atoms with Gasteiger partial charge in [-0.15, -0.1) is 0 Å². The molecule has 4 nitrogen and oxygen atoms in total. The third-order valence-electron chi connectivity index (χ3n) is 5.01. The molecule has 0 saturated carbocycles. The highest BCUT2D eigenvalue weighted by atomic mass is 16.2. The van der Waals surface area contributed by atoms with Gasteiger partial charge in [-0.3, -0.25) is 9.59 Å². The van der Waals surface area contributed by atoms with Crippen LogP contribution in [0.1, 0.15) is 55.6 Å². The Bertz CT molecular complexity index is 570. The van der Waals surface area contributed by atoms with Crippen molar-refractivity contribution in [3.63, 3.8) is 0 Å². The maximum Gasteiger partial charge on any atom is 0.230 e. The normalized spacial score (nSPS) is 24.6. The van der Waals surface area contributed by atoms with Gasteiger partial charge in [0, 0.05) is 19.0 Å². The van der Waals surface area contributed by atoms with Crippen molar-refractivity contribution in [2.24, 2.45) is 5.73 Å². The zero-order valence-electron chi connectivity index (χ0n) is 13.0. The van der Waals surface area contributed by atoms with E-state index in [1.165, 1.54) is 11.1 Å². The maximum absolute atomic E-state index is 13.1. The van der Waals surface area contributed by atoms with Gasteiger partial charge in [0.1, 0.15) is 0 Å². The Morgan fingerprint density at radius 3 is 2.77 bits per heavy atom. The highest BCUT2D eigenvalue weighted by Gasteiger charge is 2.34. The van der Waals surface area contributed by atoms with Gasteiger partial charge in [0.15, 0.2) is 0 Å². The number of hydrogen-bond donors (Lipinski definition) is 1. The van der Waals surface area contributed by atoms with E-state index in [0.29, 0.717) is 6.42 Å². The molecule has 118 valence electrons. The number of nitrogens with two attached hydrogens (primary N) is 1. The number of amides is 2. The summed E-state index contributed by atoms with van der Waals surface area (Å²) < 4.78 is 0. The van der Waals surface area contributed by atoms with E-state index in [1.54, 1.807) is 0 Å². The molecule has 0 spiro atoms. The van der Waals surface area contributed by atoms with Crippen LogP contribution in [-0.4, -0.2) is 29.3 Å². The second-order valence-electron chi connectivity index (χ2n) is 6.50. The molecule has 2 aliphatic rings. The summed E-state index contributed by atoms with van der Waals surface area (Å²) in [6, 6.07) is 8.27. The lowest BCUT2D eigenvalue weighted by molar-refractivity contribution is -0.137. The monoisotopic (exact) mass is 300 g/mol. The molecule has 0 unspecified atom stereocenters. The van der Waals surface area contributed by atoms with Crippen LogP contribution in [0.5, 0.6) is 0 Å². The summed E-state index contributed by atoms with van der Waals surface area (Å²) in [7, 11) is 0. The first-order valence-corrected chi connectivity index (χ1v) is 8.33. The van der Waals surface area contributed by atoms with Crippen molar-refractivity contribution in [2.75, 3.05) is 6.54 Å². The third-order valence-corrected chi connectivity index (χ3v) is 5.01. The molecule has 22 heavy (non-hydrogen) atoms. The van der Waals surface area contributed by atoms with Crippen molar-refractivity contribution in [2.45, 2.75) is 56.9 Å². The molecule has 1 aliphatic heterocycles. The van der Waals surface area contributed by atoms with Gasteiger partial charge in [0.05, 0.1) is 5.92 Å². The number of rotatable bonds is 3. The molecule has 0 aromatic heterocycles. The van der Waals surface area contributed by atoms with Gasteiger partial charge >= 0.3 is 0 Å². The number of carbonyl (C=O) groups excluding carboxylic acids is 2. The lowest BCUT2D eigenvalue weighted by atomic mass is 9.81. The summed E-state index contributed by atoms with van der Waals surface area (Å²) in [6.07, 6.45) is 6.31. The highest BCUT2D eigenvalue weighted by molar-refractivity contribution is 5.85. The molecule has 1 heterocycles. The number of hydrogen-bond acceptors (Lipinski definition) is 2. The van der Waals surface area contributed by atoms with Crippen LogP contribution in [0.2, 0.25) is 0 Å². The Morgan fingerprint density at radius 1 is 1.14 bits per heavy atom. The maximum atomic E-state index is 13.1. The SMILES string of the molecule is NC(=O)C[C@H]1CCCCN1C(=O)[C@@H]1CCCc2ccccc21. The Balaban J connectivity index is 1.82. The molecule has 2 atom stereocenters. The van der Waals surface area contributed by atoms with Crippen LogP contribution < -0.4 is 5.73 Å². The Kier molecular flexibility index (Phi) is 4.46. The van der Waals surface area contributed by atoms with E-state index in [1.807, 2.05) is 17.0 Å². The van der Waals surface area contributed by atoms with Crippen LogP contribution in [0.15, 0.2) is 24.3 Å². The van der Waals surface area contributed by atoms with Crippen LogP contribution in [0.25, 0.3) is 0 Å². The molecule has 1 aliphatic carbocycles. The zero-order valence-corrected chi connectivity index (χ0v) is 13.0. The van der Waals surface area contributed by atoms with Crippen molar-refractivity contribution in [1.29, 1.82) is 0 Å². The molecule has 1 aromatic carbocycles. The van der Waals surface area contributed by atoms with Crippen molar-refractivity contribution in [1.82, 2.24) is 4.90 Å². The summed E-state index contributed by atoms with van der Waals surface area (Å²) in [5.74, 6) is -0.162. The lowest BCUT2D eigenvalue weighted by Gasteiger charge is -2.38. The number of primary amides is 1. The van der Waals surface area contributed by atoms with Gasteiger partial charge in [-0.05, 0) is 49.7 Å². The summed E-state index contributed by atoms with van der Waals surface area (Å²) in [6.45, 7) is 0.759. The average Bonchev–Trinajstić information content (AvgIpc) is 2.54. The number of nitrogens with zero attached hydrogens (tertiary/aromatic N) is 1. The van der Waals surface area contributed by atoms with E-state index in [-0.39, 0.29) is 23.8 Å². The Labute approximate surface area is 131 Å². The summed E-state index contributed by atoms with van der Waals surface area (Å²) in [5.41, 5.74) is 7.85. The van der Waals surface area contributed by atoms with E-state index in [4.69, 9.17) is 5.73 Å². The second-order valence-corrected chi connectivity index (χ2v) is 6.50. The molecule has 0 bridgehead atoms. The summed E-state index contributed by atoms with van der Waals surface area (Å²) in [5, 5.41) is 0. The molecule has 3 rings (SSSR count). The van der Waals surface area contributed by atoms with Gasteiger partial charge in [0.2, 0.25) is 11.8 Å². The summed E-state index contributed by atoms with van der Waals surface area (Å²) >= 11 is 0. The molecule has 2 amide bonds. The van der Waals surface area contributed by atoms with Gasteiger partial charge < -0.3 is 10.6 Å². The topological polar surface area (TPSA) is 63.4 Å². The lowest BCUT2D eigenvalue weighted by Crippen LogP contribution is -2.47. The molecule has 4 heteroatoms. The first-order valence-electron chi connectivity index (χ1n) is 8.33. The van der Waals surface area contributed by atoms with E-state index in [0.717, 1.165) is 45.1 Å². The Hall–Kier alpha value is -1.84. The Morgan fingerprint density at radius 2 is 1.95 bits per heavy atom. The fourth-order valence-corrected chi connectivity index (χ4v) is 3.95. The number of likely N-dealkylation sites (tertiary alicyclic amines) is 1. The van der Waals surface area contributed by atoms with Crippen molar-refractivity contribution >= 4 is 11.8 Å². The predicted octanol–water partition coefficient (Wildman–Crippen LogP) is 2.36. The van der Waals surface area contributed by atoms with Gasteiger partial charge in [0.25, 0.3) is 0 Å². The number of carbonyl (C=O) groups is 2. The van der Waals surface area contributed by atoms with Gasteiger partial charge in [-0.1, -0.05) is 24.3 Å². The summed E-state index contributed by atoms with van der Waals surface area (Å²) in [4.78, 5) is 26.3. The molecule has 0 radical (unpaired) electrons. The fraction of sp³-hybridized carbons (Fsp3) is 0.556. The third kappa shape index (κ3) is 3.01. The first-order chi connectivity index (χ1) is 10.7. The quantitative estimate of drug-likeness (QED) is 0.931.